The van der Waals surface area contributed by atoms with Crippen LogP contribution in [0.1, 0.15) is 0 Å². The Morgan fingerprint density at radius 1 is 1.29 bits per heavy atom. The molecule has 1 unspecified atom stereocenters. The monoisotopic (exact) mass is 130 g/mol. The van der Waals surface area contributed by atoms with Crippen LogP contribution in [-0.4, -0.2) is 27.5 Å². The zero-order valence-corrected chi connectivity index (χ0v) is 5.59. The lowest BCUT2D eigenvalue weighted by molar-refractivity contribution is -0.156. The topological polar surface area (TPSA) is 0 Å². The second-order valence-corrected chi connectivity index (χ2v) is 2.17. The van der Waals surface area contributed by atoms with Gasteiger partial charge in [0.05, 0.1) is 0 Å². The highest BCUT2D eigenvalue weighted by Gasteiger charge is 2.35. The molecule has 0 aromatic rings. The second-order valence-electron chi connectivity index (χ2n) is 1.16. The van der Waals surface area contributed by atoms with Gasteiger partial charge in [0, 0.05) is 0 Å². The summed E-state index contributed by atoms with van der Waals surface area (Å²) in [7, 11) is 0. The molecule has 0 saturated heterocycles. The second kappa shape index (κ2) is 2.01. The third kappa shape index (κ3) is 2.89. The maximum Gasteiger partial charge on any atom is 0.405 e. The van der Waals surface area contributed by atoms with Crippen LogP contribution in [0.2, 0.25) is 0 Å². The summed E-state index contributed by atoms with van der Waals surface area (Å²) in [6.45, 7) is 0. The van der Waals surface area contributed by atoms with Crippen LogP contribution in [0.5, 0.6) is 0 Å². The molecule has 0 aliphatic rings. The van der Waals surface area contributed by atoms with Gasteiger partial charge in [0.25, 0.3) is 16.3 Å². The number of alkyl halides is 4. The number of hydrogen-bond acceptors (Lipinski definition) is 0. The molecule has 0 bridgehead atoms. The van der Waals surface area contributed by atoms with Crippen molar-refractivity contribution < 1.29 is 17.6 Å². The molecule has 0 amide bonds. The van der Waals surface area contributed by atoms with Gasteiger partial charge in [-0.3, -0.25) is 4.39 Å². The molecule has 0 spiro atoms. The van der Waals surface area contributed by atoms with E-state index >= 15 is 0 Å². The van der Waals surface area contributed by atoms with Crippen LogP contribution in [0.15, 0.2) is 0 Å². The van der Waals surface area contributed by atoms with Gasteiger partial charge in [-0.2, -0.15) is 13.2 Å². The first-order valence-electron chi connectivity index (χ1n) is 1.65. The van der Waals surface area contributed by atoms with E-state index in [1.807, 2.05) is 0 Å². The van der Waals surface area contributed by atoms with E-state index in [2.05, 4.69) is 0 Å². The van der Waals surface area contributed by atoms with Crippen molar-refractivity contribution in [1.82, 2.24) is 0 Å². The van der Waals surface area contributed by atoms with E-state index in [1.165, 1.54) is 0 Å². The van der Waals surface area contributed by atoms with Crippen LogP contribution >= 0.6 is 0 Å². The van der Waals surface area contributed by atoms with Crippen molar-refractivity contribution in [1.29, 1.82) is 0 Å². The summed E-state index contributed by atoms with van der Waals surface area (Å²) in [5.74, 6) is 0. The van der Waals surface area contributed by atoms with Gasteiger partial charge in [-0.15, -0.1) is 0 Å². The highest BCUT2D eigenvalue weighted by atomic mass is 27.0. The Bertz CT molecular complexity index is 55.2. The Kier molecular flexibility index (Phi) is 2.09. The normalized spacial score (nSPS) is 16.6. The van der Waals surface area contributed by atoms with E-state index in [4.69, 9.17) is 0 Å². The molecule has 0 aliphatic heterocycles. The van der Waals surface area contributed by atoms with Crippen LogP contribution in [0, 0.1) is 0 Å². The lowest BCUT2D eigenvalue weighted by atomic mass is 10.7. The molecule has 1 atom stereocenters. The highest BCUT2D eigenvalue weighted by molar-refractivity contribution is 6.11. The van der Waals surface area contributed by atoms with Crippen LogP contribution in [0.3, 0.4) is 0 Å². The van der Waals surface area contributed by atoms with Crippen molar-refractivity contribution in [2.24, 2.45) is 0 Å². The summed E-state index contributed by atoms with van der Waals surface area (Å²) < 4.78 is 43.7. The highest BCUT2D eigenvalue weighted by Crippen LogP contribution is 2.19. The van der Waals surface area contributed by atoms with Gasteiger partial charge in [0.1, 0.15) is 5.03 Å². The molecule has 0 aromatic heterocycles. The number of halogens is 4. The third-order valence-electron chi connectivity index (χ3n) is 0.451. The van der Waals surface area contributed by atoms with E-state index in [0.29, 0.717) is 0 Å². The first-order chi connectivity index (χ1) is 2.94. The van der Waals surface area contributed by atoms with Gasteiger partial charge >= 0.3 is 6.18 Å². The Morgan fingerprint density at radius 3 is 1.43 bits per heavy atom. The maximum absolute atomic E-state index is 11.1. The minimum atomic E-state index is -4.60. The summed E-state index contributed by atoms with van der Waals surface area (Å²) in [5, 5.41) is -2.56. The molecule has 7 heavy (non-hydrogen) atoms. The molecule has 0 radical (unpaired) electrons. The smallest absolute Gasteiger partial charge is 0.256 e. The predicted octanol–water partition coefficient (Wildman–Crippen LogP) is 0.477. The quantitative estimate of drug-likeness (QED) is 0.330. The van der Waals surface area contributed by atoms with Gasteiger partial charge in [0.2, 0.25) is 0 Å². The first-order valence-corrected chi connectivity index (χ1v) is 2.81. The van der Waals surface area contributed by atoms with E-state index < -0.39 is 27.5 Å². The molecule has 0 N–H and O–H groups in total. The molecule has 0 aromatic carbocycles. The summed E-state index contributed by atoms with van der Waals surface area (Å²) in [5.41, 5.74) is 0. The Balaban J connectivity index is 3.54. The molecule has 42 valence electrons. The molecule has 0 nitrogen and oxygen atoms in total. The van der Waals surface area contributed by atoms with E-state index in [9.17, 15) is 17.6 Å². The minimum absolute atomic E-state index is 0.464. The molecule has 0 saturated carbocycles. The molecule has 5 heteroatoms. The third-order valence-corrected chi connectivity index (χ3v) is 1.11. The van der Waals surface area contributed by atoms with Crippen LogP contribution < -0.4 is 0 Å². The lowest BCUT2D eigenvalue weighted by Gasteiger charge is -2.04. The van der Waals surface area contributed by atoms with E-state index in [0.717, 1.165) is 0 Å². The van der Waals surface area contributed by atoms with E-state index in [-0.39, 0.29) is 0 Å². The predicted molar refractivity (Wildman–Crippen MR) is 19.5 cm³/mol. The van der Waals surface area contributed by atoms with Crippen molar-refractivity contribution in [3.63, 3.8) is 0 Å². The minimum Gasteiger partial charge on any atom is -0.256 e. The van der Waals surface area contributed by atoms with Gasteiger partial charge in [-0.05, 0) is 0 Å². The summed E-state index contributed by atoms with van der Waals surface area (Å²) in [6.07, 6.45) is -4.60. The largest absolute Gasteiger partial charge is 0.405 e. The summed E-state index contributed by atoms with van der Waals surface area (Å²) >= 11 is -0.464. The molecule has 0 fully saturated rings. The number of rotatable bonds is 0. The molecule has 0 rings (SSSR count). The van der Waals surface area contributed by atoms with Crippen molar-refractivity contribution in [3.05, 3.63) is 0 Å². The molecular weight excluding hydrogens is 127 g/mol. The van der Waals surface area contributed by atoms with Crippen molar-refractivity contribution in [2.45, 2.75) is 11.2 Å². The standard InChI is InChI=1S/C2HF4.Al.2H/c3-1-2(4,5)6;;;/h1H;;;. The SMILES string of the molecule is F[CH]([AlH2])C(F)(F)F. The van der Waals surface area contributed by atoms with Crippen LogP contribution in [0.25, 0.3) is 0 Å². The Morgan fingerprint density at radius 2 is 1.43 bits per heavy atom. The fourth-order valence-electron chi connectivity index (χ4n) is 0. The Labute approximate surface area is 45.9 Å². The van der Waals surface area contributed by atoms with Crippen LogP contribution in [0.4, 0.5) is 17.6 Å². The average Bonchev–Trinajstić information content (AvgIpc) is 1.31. The molecule has 0 heterocycles. The van der Waals surface area contributed by atoms with Gasteiger partial charge in [-0.1, -0.05) is 0 Å². The fourth-order valence-corrected chi connectivity index (χ4v) is 0. The van der Waals surface area contributed by atoms with Gasteiger partial charge in [-0.25, -0.2) is 0 Å². The summed E-state index contributed by atoms with van der Waals surface area (Å²) in [4.78, 5) is 0. The maximum atomic E-state index is 11.1. The van der Waals surface area contributed by atoms with Crippen molar-refractivity contribution in [3.8, 4) is 0 Å². The lowest BCUT2D eigenvalue weighted by Crippen LogP contribution is -2.23. The fraction of sp³-hybridized carbons (Fsp3) is 1.00. The average molecular weight is 130 g/mol. The van der Waals surface area contributed by atoms with E-state index in [1.54, 1.807) is 0 Å². The molecule has 0 aliphatic carbocycles. The van der Waals surface area contributed by atoms with Gasteiger partial charge < -0.3 is 0 Å². The Hall–Kier alpha value is 0.252. The van der Waals surface area contributed by atoms with Crippen LogP contribution in [-0.2, 0) is 0 Å². The van der Waals surface area contributed by atoms with Crippen molar-refractivity contribution in [2.75, 3.05) is 0 Å². The summed E-state index contributed by atoms with van der Waals surface area (Å²) in [6, 6.07) is 0. The van der Waals surface area contributed by atoms with Crippen molar-refractivity contribution >= 4 is 16.3 Å². The zero-order valence-electron chi connectivity index (χ0n) is 3.59. The zero-order chi connectivity index (χ0) is 6.08. The first kappa shape index (κ1) is 7.25. The number of hydrogen-bond donors (Lipinski definition) is 0. The molecular formula is C2H3AlF4. The van der Waals surface area contributed by atoms with Gasteiger partial charge in [0.15, 0.2) is 0 Å².